The Balaban J connectivity index is 0.00000338. The molecule has 0 spiro atoms. The van der Waals surface area contributed by atoms with Crippen molar-refractivity contribution >= 4 is 39.7 Å². The molecule has 1 aromatic carbocycles. The van der Waals surface area contributed by atoms with E-state index in [1.807, 2.05) is 0 Å². The van der Waals surface area contributed by atoms with Gasteiger partial charge in [0.1, 0.15) is 10.7 Å². The van der Waals surface area contributed by atoms with Crippen molar-refractivity contribution in [2.45, 2.75) is 18.0 Å². The van der Waals surface area contributed by atoms with Gasteiger partial charge in [-0.3, -0.25) is 4.79 Å². The Morgan fingerprint density at radius 3 is 2.58 bits per heavy atom. The highest BCUT2D eigenvalue weighted by molar-refractivity contribution is 7.89. The van der Waals surface area contributed by atoms with Crippen LogP contribution in [-0.2, 0) is 27.8 Å². The minimum absolute atomic E-state index is 0. The number of nitrogens with two attached hydrogens (primary N) is 1. The van der Waals surface area contributed by atoms with Gasteiger partial charge in [0.05, 0.1) is 11.5 Å². The van der Waals surface area contributed by atoms with Gasteiger partial charge in [0.25, 0.3) is 5.91 Å². The molecule has 1 amide bonds. The molecular weight excluding hydrogens is 400 g/mol. The molecule has 0 fully saturated rings. The summed E-state index contributed by atoms with van der Waals surface area (Å²) in [6.45, 7) is 1.07. The van der Waals surface area contributed by atoms with Gasteiger partial charge in [-0.05, 0) is 17.7 Å². The normalized spacial score (nSPS) is 11.0. The number of halogens is 1. The van der Waals surface area contributed by atoms with Crippen LogP contribution >= 0.6 is 23.7 Å². The second kappa shape index (κ2) is 10.6. The minimum atomic E-state index is -3.56. The maximum atomic E-state index is 12.0. The van der Waals surface area contributed by atoms with Crippen molar-refractivity contribution in [3.05, 3.63) is 45.9 Å². The molecule has 8 nitrogen and oxygen atoms in total. The molecule has 0 bridgehead atoms. The number of methoxy groups -OCH3 is 1. The zero-order valence-electron chi connectivity index (χ0n) is 14.1. The lowest BCUT2D eigenvalue weighted by Crippen LogP contribution is -2.27. The van der Waals surface area contributed by atoms with E-state index >= 15 is 0 Å². The minimum Gasteiger partial charge on any atom is -0.383 e. The van der Waals surface area contributed by atoms with Gasteiger partial charge in [-0.25, -0.2) is 18.1 Å². The Labute approximate surface area is 162 Å². The molecule has 2 aromatic rings. The van der Waals surface area contributed by atoms with Crippen LogP contribution in [0.5, 0.6) is 0 Å². The van der Waals surface area contributed by atoms with Crippen molar-refractivity contribution in [1.82, 2.24) is 15.0 Å². The third kappa shape index (κ3) is 6.31. The fourth-order valence-corrected chi connectivity index (χ4v) is 3.60. The van der Waals surface area contributed by atoms with Crippen molar-refractivity contribution in [1.29, 1.82) is 0 Å². The molecule has 11 heteroatoms. The van der Waals surface area contributed by atoms with E-state index in [4.69, 9.17) is 10.5 Å². The van der Waals surface area contributed by atoms with Crippen LogP contribution in [0.25, 0.3) is 0 Å². The van der Waals surface area contributed by atoms with Gasteiger partial charge in [-0.2, -0.15) is 0 Å². The number of nitrogens with zero attached hydrogens (tertiary/aromatic N) is 1. The molecule has 0 aliphatic heterocycles. The van der Waals surface area contributed by atoms with E-state index in [2.05, 4.69) is 15.0 Å². The number of thiazole rings is 1. The highest BCUT2D eigenvalue weighted by atomic mass is 35.5. The number of carbonyl (C=O) groups excluding carboxylic acids is 1. The number of rotatable bonds is 9. The first kappa shape index (κ1) is 22.5. The molecule has 4 N–H and O–H groups in total. The lowest BCUT2D eigenvalue weighted by molar-refractivity contribution is 0.0946. The van der Waals surface area contributed by atoms with E-state index in [1.165, 1.54) is 30.6 Å². The fraction of sp³-hybridized carbons (Fsp3) is 0.333. The molecule has 1 aromatic heterocycles. The van der Waals surface area contributed by atoms with Crippen LogP contribution in [0.2, 0.25) is 0 Å². The van der Waals surface area contributed by atoms with E-state index in [0.29, 0.717) is 23.9 Å². The average molecular weight is 421 g/mol. The zero-order chi connectivity index (χ0) is 18.3. The van der Waals surface area contributed by atoms with Gasteiger partial charge in [0.15, 0.2) is 0 Å². The third-order valence-electron chi connectivity index (χ3n) is 3.24. The van der Waals surface area contributed by atoms with Crippen molar-refractivity contribution in [2.75, 3.05) is 20.3 Å². The van der Waals surface area contributed by atoms with Gasteiger partial charge >= 0.3 is 0 Å². The van der Waals surface area contributed by atoms with Gasteiger partial charge in [-0.15, -0.1) is 23.7 Å². The van der Waals surface area contributed by atoms with Crippen LogP contribution in [0.3, 0.4) is 0 Å². The maximum absolute atomic E-state index is 12.0. The predicted molar refractivity (Wildman–Crippen MR) is 102 cm³/mol. The summed E-state index contributed by atoms with van der Waals surface area (Å²) in [6, 6.07) is 6.28. The second-order valence-corrected chi connectivity index (χ2v) is 7.76. The third-order valence-corrected chi connectivity index (χ3v) is 5.59. The van der Waals surface area contributed by atoms with E-state index in [9.17, 15) is 13.2 Å². The average Bonchev–Trinajstić information content (AvgIpc) is 3.09. The standard InChI is InChI=1S/C15H20N4O4S2.ClH/c1-23-7-6-18-25(21,22)12-4-2-11(3-5-12)9-17-15(20)13-10-24-14(8-16)19-13;/h2-5,10,18H,6-9,16H2,1H3,(H,17,20);1H. The lowest BCUT2D eigenvalue weighted by Gasteiger charge is -2.08. The smallest absolute Gasteiger partial charge is 0.271 e. The molecule has 0 atom stereocenters. The van der Waals surface area contributed by atoms with Crippen LogP contribution in [0.15, 0.2) is 34.5 Å². The highest BCUT2D eigenvalue weighted by Gasteiger charge is 2.13. The van der Waals surface area contributed by atoms with Crippen LogP contribution in [0.1, 0.15) is 21.1 Å². The predicted octanol–water partition coefficient (Wildman–Crippen LogP) is 0.878. The van der Waals surface area contributed by atoms with Gasteiger partial charge < -0.3 is 15.8 Å². The van der Waals surface area contributed by atoms with Crippen LogP contribution in [0, 0.1) is 0 Å². The van der Waals surface area contributed by atoms with Crippen LogP contribution in [0.4, 0.5) is 0 Å². The molecule has 0 saturated carbocycles. The SMILES string of the molecule is COCCNS(=O)(=O)c1ccc(CNC(=O)c2csc(CN)n2)cc1.Cl. The highest BCUT2D eigenvalue weighted by Crippen LogP contribution is 2.11. The molecule has 144 valence electrons. The first-order chi connectivity index (χ1) is 12.0. The number of nitrogens with one attached hydrogen (secondary N) is 2. The van der Waals surface area contributed by atoms with Crippen molar-refractivity contribution < 1.29 is 17.9 Å². The van der Waals surface area contributed by atoms with Gasteiger partial charge in [0, 0.05) is 32.1 Å². The number of hydrogen-bond donors (Lipinski definition) is 3. The van der Waals surface area contributed by atoms with Crippen molar-refractivity contribution in [3.63, 3.8) is 0 Å². The number of ether oxygens (including phenoxy) is 1. The number of sulfonamides is 1. The Morgan fingerprint density at radius 2 is 2.00 bits per heavy atom. The number of hydrogen-bond acceptors (Lipinski definition) is 7. The molecular formula is C15H21ClN4O4S2. The zero-order valence-corrected chi connectivity index (χ0v) is 16.5. The number of amides is 1. The first-order valence-electron chi connectivity index (χ1n) is 7.46. The summed E-state index contributed by atoms with van der Waals surface area (Å²) in [5, 5.41) is 5.08. The topological polar surface area (TPSA) is 123 Å². The summed E-state index contributed by atoms with van der Waals surface area (Å²) < 4.78 is 31.3. The van der Waals surface area contributed by atoms with E-state index in [0.717, 1.165) is 5.56 Å². The number of benzene rings is 1. The molecule has 0 radical (unpaired) electrons. The second-order valence-electron chi connectivity index (χ2n) is 5.05. The summed E-state index contributed by atoms with van der Waals surface area (Å²) in [4.78, 5) is 16.3. The van der Waals surface area contributed by atoms with Crippen LogP contribution < -0.4 is 15.8 Å². The summed E-state index contributed by atoms with van der Waals surface area (Å²) in [6.07, 6.45) is 0. The Bertz CT molecular complexity index is 809. The number of carbonyl (C=O) groups is 1. The summed E-state index contributed by atoms with van der Waals surface area (Å²) >= 11 is 1.33. The largest absolute Gasteiger partial charge is 0.383 e. The van der Waals surface area contributed by atoms with Gasteiger partial charge in [0.2, 0.25) is 10.0 Å². The summed E-state index contributed by atoms with van der Waals surface area (Å²) in [7, 11) is -2.06. The first-order valence-corrected chi connectivity index (χ1v) is 9.82. The lowest BCUT2D eigenvalue weighted by atomic mass is 10.2. The quantitative estimate of drug-likeness (QED) is 0.517. The van der Waals surface area contributed by atoms with E-state index in [1.54, 1.807) is 17.5 Å². The fourth-order valence-electron chi connectivity index (χ4n) is 1.93. The van der Waals surface area contributed by atoms with E-state index < -0.39 is 10.0 Å². The Hall–Kier alpha value is -1.56. The van der Waals surface area contributed by atoms with Crippen molar-refractivity contribution in [3.8, 4) is 0 Å². The molecule has 0 unspecified atom stereocenters. The molecule has 26 heavy (non-hydrogen) atoms. The number of aromatic nitrogens is 1. The molecule has 0 aliphatic rings. The maximum Gasteiger partial charge on any atom is 0.271 e. The monoisotopic (exact) mass is 420 g/mol. The molecule has 1 heterocycles. The molecule has 0 aliphatic carbocycles. The van der Waals surface area contributed by atoms with E-state index in [-0.39, 0.29) is 36.3 Å². The molecule has 0 saturated heterocycles. The summed E-state index contributed by atoms with van der Waals surface area (Å²) in [5.41, 5.74) is 6.57. The van der Waals surface area contributed by atoms with Crippen molar-refractivity contribution in [2.24, 2.45) is 5.73 Å². The Kier molecular flexibility index (Phi) is 9.13. The Morgan fingerprint density at radius 1 is 1.31 bits per heavy atom. The molecule has 2 rings (SSSR count). The summed E-state index contributed by atoms with van der Waals surface area (Å²) in [5.74, 6) is -0.297. The van der Waals surface area contributed by atoms with Gasteiger partial charge in [-0.1, -0.05) is 12.1 Å². The van der Waals surface area contributed by atoms with Crippen LogP contribution in [-0.4, -0.2) is 39.6 Å².